The maximum atomic E-state index is 10.8. The fourth-order valence-electron chi connectivity index (χ4n) is 1.50. The second-order valence-corrected chi connectivity index (χ2v) is 3.83. The van der Waals surface area contributed by atoms with E-state index in [0.717, 1.165) is 0 Å². The number of aromatic nitrogens is 1. The first-order valence-corrected chi connectivity index (χ1v) is 5.39. The third-order valence-corrected chi connectivity index (χ3v) is 2.36. The number of ether oxygens (including phenoxy) is 1. The summed E-state index contributed by atoms with van der Waals surface area (Å²) in [7, 11) is 0. The van der Waals surface area contributed by atoms with Gasteiger partial charge in [0.05, 0.1) is 10.6 Å². The number of nitrogens with zero attached hydrogens (tertiary/aromatic N) is 2. The standard InChI is InChI=1S/C12H10N2O5/c1-8-4-10(19-13-8)7-18-12-5-9(6-15)2-3-11(12)14(16)17/h2-6H,7H2,1H3. The Morgan fingerprint density at radius 3 is 2.84 bits per heavy atom. The lowest BCUT2D eigenvalue weighted by molar-refractivity contribution is -0.386. The summed E-state index contributed by atoms with van der Waals surface area (Å²) in [4.78, 5) is 20.9. The van der Waals surface area contributed by atoms with Gasteiger partial charge in [-0.1, -0.05) is 5.16 Å². The molecule has 0 saturated carbocycles. The van der Waals surface area contributed by atoms with E-state index in [-0.39, 0.29) is 18.0 Å². The number of carbonyl (C=O) groups excluding carboxylic acids is 1. The largest absolute Gasteiger partial charge is 0.478 e. The first-order chi connectivity index (χ1) is 9.10. The van der Waals surface area contributed by atoms with E-state index < -0.39 is 4.92 Å². The quantitative estimate of drug-likeness (QED) is 0.466. The van der Waals surface area contributed by atoms with Gasteiger partial charge in [-0.2, -0.15) is 0 Å². The van der Waals surface area contributed by atoms with E-state index in [1.807, 2.05) is 0 Å². The van der Waals surface area contributed by atoms with Crippen molar-refractivity contribution in [1.29, 1.82) is 0 Å². The monoisotopic (exact) mass is 262 g/mol. The highest BCUT2D eigenvalue weighted by atomic mass is 16.6. The summed E-state index contributed by atoms with van der Waals surface area (Å²) in [6, 6.07) is 5.56. The van der Waals surface area contributed by atoms with Crippen molar-refractivity contribution in [2.24, 2.45) is 0 Å². The van der Waals surface area contributed by atoms with Crippen molar-refractivity contribution in [3.63, 3.8) is 0 Å². The summed E-state index contributed by atoms with van der Waals surface area (Å²) < 4.78 is 10.2. The van der Waals surface area contributed by atoms with Gasteiger partial charge in [0.15, 0.2) is 11.5 Å². The molecular weight excluding hydrogens is 252 g/mol. The summed E-state index contributed by atoms with van der Waals surface area (Å²) in [6.07, 6.45) is 0.592. The van der Waals surface area contributed by atoms with Gasteiger partial charge in [0.25, 0.3) is 0 Å². The predicted molar refractivity (Wildman–Crippen MR) is 64.1 cm³/mol. The van der Waals surface area contributed by atoms with Crippen LogP contribution in [0.4, 0.5) is 5.69 Å². The molecule has 2 aromatic rings. The summed E-state index contributed by atoms with van der Waals surface area (Å²) >= 11 is 0. The number of aldehydes is 1. The van der Waals surface area contributed by atoms with Gasteiger partial charge in [-0.05, 0) is 19.1 Å². The van der Waals surface area contributed by atoms with Gasteiger partial charge >= 0.3 is 5.69 Å². The van der Waals surface area contributed by atoms with Crippen molar-refractivity contribution in [2.45, 2.75) is 13.5 Å². The number of aryl methyl sites for hydroxylation is 1. The van der Waals surface area contributed by atoms with Crippen LogP contribution in [0.15, 0.2) is 28.8 Å². The average molecular weight is 262 g/mol. The smallest absolute Gasteiger partial charge is 0.310 e. The molecule has 2 rings (SSSR count). The van der Waals surface area contributed by atoms with Gasteiger partial charge in [0, 0.05) is 17.7 Å². The lowest BCUT2D eigenvalue weighted by Gasteiger charge is -2.05. The normalized spacial score (nSPS) is 10.2. The molecule has 0 aliphatic heterocycles. The molecule has 7 heteroatoms. The molecule has 0 spiro atoms. The van der Waals surface area contributed by atoms with Crippen LogP contribution in [-0.4, -0.2) is 16.4 Å². The molecule has 0 saturated heterocycles. The molecule has 0 N–H and O–H groups in total. The number of rotatable bonds is 5. The Morgan fingerprint density at radius 1 is 1.47 bits per heavy atom. The summed E-state index contributed by atoms with van der Waals surface area (Å²) in [5.74, 6) is 0.465. The SMILES string of the molecule is Cc1cc(COc2cc(C=O)ccc2[N+](=O)[O-])on1. The molecular formula is C12H10N2O5. The molecule has 98 valence electrons. The third kappa shape index (κ3) is 2.95. The number of carbonyl (C=O) groups is 1. The molecule has 1 aromatic carbocycles. The topological polar surface area (TPSA) is 95.5 Å². The van der Waals surface area contributed by atoms with E-state index in [1.165, 1.54) is 18.2 Å². The van der Waals surface area contributed by atoms with Crippen molar-refractivity contribution < 1.29 is 19.0 Å². The van der Waals surface area contributed by atoms with Gasteiger partial charge in [-0.15, -0.1) is 0 Å². The van der Waals surface area contributed by atoms with Crippen molar-refractivity contribution >= 4 is 12.0 Å². The molecule has 0 aliphatic rings. The molecule has 0 fully saturated rings. The minimum Gasteiger partial charge on any atom is -0.478 e. The maximum absolute atomic E-state index is 10.8. The number of nitro groups is 1. The second kappa shape index (κ2) is 5.30. The van der Waals surface area contributed by atoms with E-state index in [4.69, 9.17) is 9.26 Å². The van der Waals surface area contributed by atoms with Crippen LogP contribution in [0.3, 0.4) is 0 Å². The van der Waals surface area contributed by atoms with Crippen molar-refractivity contribution in [1.82, 2.24) is 5.16 Å². The zero-order valence-corrected chi connectivity index (χ0v) is 10.0. The molecule has 1 aromatic heterocycles. The lowest BCUT2D eigenvalue weighted by Crippen LogP contribution is -1.99. The van der Waals surface area contributed by atoms with Crippen molar-refractivity contribution in [3.8, 4) is 5.75 Å². The van der Waals surface area contributed by atoms with Crippen LogP contribution in [0.2, 0.25) is 0 Å². The van der Waals surface area contributed by atoms with Gasteiger partial charge in [-0.3, -0.25) is 14.9 Å². The summed E-state index contributed by atoms with van der Waals surface area (Å²) in [6.45, 7) is 1.76. The molecule has 0 bridgehead atoms. The fraction of sp³-hybridized carbons (Fsp3) is 0.167. The minimum absolute atomic E-state index is 0.00396. The Bertz CT molecular complexity index is 620. The molecule has 19 heavy (non-hydrogen) atoms. The second-order valence-electron chi connectivity index (χ2n) is 3.83. The Balaban J connectivity index is 2.22. The first-order valence-electron chi connectivity index (χ1n) is 5.39. The summed E-state index contributed by atoms with van der Waals surface area (Å²) in [5, 5.41) is 14.5. The highest BCUT2D eigenvalue weighted by Crippen LogP contribution is 2.28. The maximum Gasteiger partial charge on any atom is 0.310 e. The van der Waals surface area contributed by atoms with Crippen molar-refractivity contribution in [3.05, 3.63) is 51.4 Å². The molecule has 1 heterocycles. The molecule has 0 aliphatic carbocycles. The average Bonchev–Trinajstić information content (AvgIpc) is 2.81. The van der Waals surface area contributed by atoms with Gasteiger partial charge in [-0.25, -0.2) is 0 Å². The molecule has 0 amide bonds. The number of hydrogen-bond donors (Lipinski definition) is 0. The Kier molecular flexibility index (Phi) is 3.56. The Labute approximate surface area is 107 Å². The van der Waals surface area contributed by atoms with Crippen LogP contribution in [-0.2, 0) is 6.61 Å². The van der Waals surface area contributed by atoms with Gasteiger partial charge < -0.3 is 9.26 Å². The van der Waals surface area contributed by atoms with E-state index in [0.29, 0.717) is 23.3 Å². The number of nitro benzene ring substituents is 1. The van der Waals surface area contributed by atoms with Gasteiger partial charge in [0.2, 0.25) is 0 Å². The van der Waals surface area contributed by atoms with Crippen LogP contribution in [0.5, 0.6) is 5.75 Å². The zero-order valence-electron chi connectivity index (χ0n) is 10.0. The molecule has 0 radical (unpaired) electrons. The molecule has 7 nitrogen and oxygen atoms in total. The number of benzene rings is 1. The fourth-order valence-corrected chi connectivity index (χ4v) is 1.50. The van der Waals surface area contributed by atoms with E-state index in [2.05, 4.69) is 5.16 Å². The highest BCUT2D eigenvalue weighted by Gasteiger charge is 2.16. The predicted octanol–water partition coefficient (Wildman–Crippen LogP) is 2.28. The van der Waals surface area contributed by atoms with E-state index in [1.54, 1.807) is 13.0 Å². The van der Waals surface area contributed by atoms with Crippen LogP contribution < -0.4 is 4.74 Å². The van der Waals surface area contributed by atoms with Crippen LogP contribution in [0.1, 0.15) is 21.8 Å². The lowest BCUT2D eigenvalue weighted by atomic mass is 10.2. The number of hydrogen-bond acceptors (Lipinski definition) is 6. The minimum atomic E-state index is -0.574. The third-order valence-electron chi connectivity index (χ3n) is 2.36. The molecule has 0 atom stereocenters. The van der Waals surface area contributed by atoms with E-state index in [9.17, 15) is 14.9 Å². The highest BCUT2D eigenvalue weighted by molar-refractivity contribution is 5.76. The van der Waals surface area contributed by atoms with Crippen LogP contribution in [0, 0.1) is 17.0 Å². The van der Waals surface area contributed by atoms with E-state index >= 15 is 0 Å². The Hall–Kier alpha value is -2.70. The zero-order chi connectivity index (χ0) is 13.8. The first kappa shape index (κ1) is 12.7. The van der Waals surface area contributed by atoms with Crippen LogP contribution >= 0.6 is 0 Å². The van der Waals surface area contributed by atoms with Gasteiger partial charge in [0.1, 0.15) is 12.9 Å². The summed E-state index contributed by atoms with van der Waals surface area (Å²) in [5.41, 5.74) is 0.783. The molecule has 0 unspecified atom stereocenters. The van der Waals surface area contributed by atoms with Crippen molar-refractivity contribution in [2.75, 3.05) is 0 Å². The van der Waals surface area contributed by atoms with Crippen LogP contribution in [0.25, 0.3) is 0 Å². The Morgan fingerprint density at radius 2 is 2.26 bits per heavy atom.